The van der Waals surface area contributed by atoms with Crippen molar-refractivity contribution < 1.29 is 9.84 Å². The van der Waals surface area contributed by atoms with Crippen molar-refractivity contribution in [3.05, 3.63) is 28.8 Å². The summed E-state index contributed by atoms with van der Waals surface area (Å²) in [4.78, 5) is 0. The second-order valence-corrected chi connectivity index (χ2v) is 4.71. The summed E-state index contributed by atoms with van der Waals surface area (Å²) in [5.74, 6) is 0.815. The monoisotopic (exact) mass is 231 g/mol. The maximum absolute atomic E-state index is 9.76. The highest BCUT2D eigenvalue weighted by Gasteiger charge is 2.27. The zero-order valence-electron chi connectivity index (χ0n) is 10.2. The Morgan fingerprint density at radius 1 is 1.29 bits per heavy atom. The molecule has 1 fully saturated rings. The molecular weight excluding hydrogens is 214 g/mol. The van der Waals surface area contributed by atoms with E-state index >= 15 is 0 Å². The lowest BCUT2D eigenvalue weighted by Gasteiger charge is -2.20. The Balaban J connectivity index is 2.24. The van der Waals surface area contributed by atoms with Gasteiger partial charge in [-0.3, -0.25) is 0 Å². The molecule has 2 atom stereocenters. The Bertz CT molecular complexity index is 439. The van der Waals surface area contributed by atoms with Crippen molar-refractivity contribution in [1.29, 1.82) is 5.26 Å². The van der Waals surface area contributed by atoms with Crippen LogP contribution in [0.2, 0.25) is 0 Å². The Labute approximate surface area is 102 Å². The van der Waals surface area contributed by atoms with Crippen LogP contribution in [-0.2, 0) is 0 Å². The number of rotatable bonds is 2. The van der Waals surface area contributed by atoms with Crippen molar-refractivity contribution in [3.63, 3.8) is 0 Å². The summed E-state index contributed by atoms with van der Waals surface area (Å²) in [5.41, 5.74) is 2.57. The topological polar surface area (TPSA) is 53.2 Å². The van der Waals surface area contributed by atoms with Crippen molar-refractivity contribution in [3.8, 4) is 11.8 Å². The third-order valence-electron chi connectivity index (χ3n) is 3.28. The quantitative estimate of drug-likeness (QED) is 0.850. The summed E-state index contributed by atoms with van der Waals surface area (Å²) in [5, 5.41) is 18.6. The summed E-state index contributed by atoms with van der Waals surface area (Å²) < 4.78 is 5.89. The van der Waals surface area contributed by atoms with Crippen molar-refractivity contribution in [2.75, 3.05) is 0 Å². The van der Waals surface area contributed by atoms with Gasteiger partial charge in [-0.2, -0.15) is 5.26 Å². The SMILES string of the molecule is Cc1cc(C#N)cc(C)c1O[C@H]1CCC[C@@H]1O. The molecule has 0 aromatic heterocycles. The first-order chi connectivity index (χ1) is 8.11. The number of aliphatic hydroxyl groups excluding tert-OH is 1. The first-order valence-electron chi connectivity index (χ1n) is 5.98. The van der Waals surface area contributed by atoms with E-state index in [1.165, 1.54) is 0 Å². The highest BCUT2D eigenvalue weighted by molar-refractivity contribution is 5.47. The minimum atomic E-state index is -0.357. The van der Waals surface area contributed by atoms with Crippen LogP contribution in [0.3, 0.4) is 0 Å². The first kappa shape index (κ1) is 11.9. The van der Waals surface area contributed by atoms with Crippen molar-refractivity contribution >= 4 is 0 Å². The highest BCUT2D eigenvalue weighted by Crippen LogP contribution is 2.30. The lowest BCUT2D eigenvalue weighted by atomic mass is 10.1. The largest absolute Gasteiger partial charge is 0.487 e. The molecule has 3 nitrogen and oxygen atoms in total. The number of ether oxygens (including phenoxy) is 1. The molecule has 90 valence electrons. The van der Waals surface area contributed by atoms with E-state index in [2.05, 4.69) is 6.07 Å². The lowest BCUT2D eigenvalue weighted by molar-refractivity contribution is 0.0595. The molecule has 0 spiro atoms. The summed E-state index contributed by atoms with van der Waals surface area (Å²) in [6, 6.07) is 5.78. The molecule has 1 aliphatic carbocycles. The van der Waals surface area contributed by atoms with Gasteiger partial charge in [-0.15, -0.1) is 0 Å². The van der Waals surface area contributed by atoms with E-state index in [0.29, 0.717) is 5.56 Å². The van der Waals surface area contributed by atoms with Gasteiger partial charge in [0.1, 0.15) is 11.9 Å². The average molecular weight is 231 g/mol. The second-order valence-electron chi connectivity index (χ2n) is 4.71. The zero-order valence-corrected chi connectivity index (χ0v) is 10.2. The second kappa shape index (κ2) is 4.77. The summed E-state index contributed by atoms with van der Waals surface area (Å²) in [6.07, 6.45) is 2.28. The maximum atomic E-state index is 9.76. The molecule has 0 saturated heterocycles. The van der Waals surface area contributed by atoms with Gasteiger partial charge in [0.15, 0.2) is 0 Å². The molecule has 2 rings (SSSR count). The third-order valence-corrected chi connectivity index (χ3v) is 3.28. The van der Waals surface area contributed by atoms with Gasteiger partial charge in [-0.1, -0.05) is 0 Å². The normalized spacial score (nSPS) is 23.4. The number of aliphatic hydroxyl groups is 1. The van der Waals surface area contributed by atoms with Gasteiger partial charge in [-0.05, 0) is 56.4 Å². The lowest BCUT2D eigenvalue weighted by Crippen LogP contribution is -2.26. The molecule has 0 heterocycles. The molecule has 1 aliphatic rings. The van der Waals surface area contributed by atoms with Crippen LogP contribution in [0.25, 0.3) is 0 Å². The van der Waals surface area contributed by atoms with Crippen molar-refractivity contribution in [2.24, 2.45) is 0 Å². The molecule has 1 N–H and O–H groups in total. The Hall–Kier alpha value is -1.53. The van der Waals surface area contributed by atoms with Crippen LogP contribution in [0.1, 0.15) is 36.0 Å². The van der Waals surface area contributed by atoms with Gasteiger partial charge in [0.25, 0.3) is 0 Å². The summed E-state index contributed by atoms with van der Waals surface area (Å²) in [6.45, 7) is 3.87. The van der Waals surface area contributed by atoms with Gasteiger partial charge in [0, 0.05) is 0 Å². The standard InChI is InChI=1S/C14H17NO2/c1-9-6-11(8-15)7-10(2)14(9)17-13-5-3-4-12(13)16/h6-7,12-13,16H,3-5H2,1-2H3/t12-,13-/m0/s1. The molecule has 0 aliphatic heterocycles. The van der Waals surface area contributed by atoms with Crippen LogP contribution in [0, 0.1) is 25.2 Å². The number of nitrogens with zero attached hydrogens (tertiary/aromatic N) is 1. The first-order valence-corrected chi connectivity index (χ1v) is 5.98. The molecule has 17 heavy (non-hydrogen) atoms. The number of aryl methyl sites for hydroxylation is 2. The Kier molecular flexibility index (Phi) is 3.35. The van der Waals surface area contributed by atoms with Crippen molar-refractivity contribution in [1.82, 2.24) is 0 Å². The van der Waals surface area contributed by atoms with Crippen LogP contribution in [0.5, 0.6) is 5.75 Å². The molecule has 3 heteroatoms. The number of benzene rings is 1. The van der Waals surface area contributed by atoms with Gasteiger partial charge in [0.2, 0.25) is 0 Å². The number of nitriles is 1. The van der Waals surface area contributed by atoms with E-state index in [0.717, 1.165) is 36.1 Å². The van der Waals surface area contributed by atoms with Crippen LogP contribution < -0.4 is 4.74 Å². The molecule has 0 amide bonds. The number of hydrogen-bond donors (Lipinski definition) is 1. The van der Waals surface area contributed by atoms with Gasteiger partial charge in [0.05, 0.1) is 17.7 Å². The van der Waals surface area contributed by atoms with Crippen LogP contribution in [0.4, 0.5) is 0 Å². The fraction of sp³-hybridized carbons (Fsp3) is 0.500. The molecule has 0 bridgehead atoms. The van der Waals surface area contributed by atoms with E-state index in [1.54, 1.807) is 0 Å². The van der Waals surface area contributed by atoms with E-state index in [4.69, 9.17) is 10.00 Å². The summed E-state index contributed by atoms with van der Waals surface area (Å²) in [7, 11) is 0. The molecule has 1 aromatic carbocycles. The zero-order chi connectivity index (χ0) is 12.4. The smallest absolute Gasteiger partial charge is 0.125 e. The van der Waals surface area contributed by atoms with E-state index < -0.39 is 0 Å². The van der Waals surface area contributed by atoms with E-state index in [9.17, 15) is 5.11 Å². The van der Waals surface area contributed by atoms with Gasteiger partial charge in [-0.25, -0.2) is 0 Å². The third kappa shape index (κ3) is 2.42. The fourth-order valence-corrected chi connectivity index (χ4v) is 2.40. The van der Waals surface area contributed by atoms with Gasteiger partial charge >= 0.3 is 0 Å². The summed E-state index contributed by atoms with van der Waals surface area (Å²) >= 11 is 0. The van der Waals surface area contributed by atoms with Crippen LogP contribution in [-0.4, -0.2) is 17.3 Å². The minimum Gasteiger partial charge on any atom is -0.487 e. The van der Waals surface area contributed by atoms with Gasteiger partial charge < -0.3 is 9.84 Å². The molecule has 0 radical (unpaired) electrons. The van der Waals surface area contributed by atoms with Crippen LogP contribution >= 0.6 is 0 Å². The van der Waals surface area contributed by atoms with Crippen LogP contribution in [0.15, 0.2) is 12.1 Å². The van der Waals surface area contributed by atoms with Crippen molar-refractivity contribution in [2.45, 2.75) is 45.3 Å². The maximum Gasteiger partial charge on any atom is 0.125 e. The Morgan fingerprint density at radius 3 is 2.41 bits per heavy atom. The minimum absolute atomic E-state index is 0.0969. The molecule has 1 saturated carbocycles. The molecule has 1 aromatic rings. The predicted molar refractivity (Wildman–Crippen MR) is 64.9 cm³/mol. The average Bonchev–Trinajstić information content (AvgIpc) is 2.69. The predicted octanol–water partition coefficient (Wildman–Crippen LogP) is 2.47. The molecule has 0 unspecified atom stereocenters. The Morgan fingerprint density at radius 2 is 1.94 bits per heavy atom. The highest BCUT2D eigenvalue weighted by atomic mass is 16.5. The fourth-order valence-electron chi connectivity index (χ4n) is 2.40. The van der Waals surface area contributed by atoms with E-state index in [1.807, 2.05) is 26.0 Å². The molecular formula is C14H17NO2. The number of hydrogen-bond acceptors (Lipinski definition) is 3. The van der Waals surface area contributed by atoms with E-state index in [-0.39, 0.29) is 12.2 Å².